The first-order valence-corrected chi connectivity index (χ1v) is 10.7. The van der Waals surface area contributed by atoms with Crippen LogP contribution in [0, 0.1) is 0 Å². The van der Waals surface area contributed by atoms with E-state index in [1.54, 1.807) is 24.5 Å². The van der Waals surface area contributed by atoms with E-state index in [0.717, 1.165) is 15.8 Å². The quantitative estimate of drug-likeness (QED) is 0.353. The number of anilines is 1. The Bertz CT molecular complexity index is 1110. The Morgan fingerprint density at radius 3 is 2.55 bits per heavy atom. The third kappa shape index (κ3) is 4.72. The second-order valence-electron chi connectivity index (χ2n) is 5.94. The zero-order chi connectivity index (χ0) is 20.2. The van der Waals surface area contributed by atoms with Crippen LogP contribution in [0.5, 0.6) is 0 Å². The fourth-order valence-electron chi connectivity index (χ4n) is 2.61. The molecule has 146 valence electrons. The number of benzene rings is 2. The van der Waals surface area contributed by atoms with Gasteiger partial charge in [0.25, 0.3) is 0 Å². The number of rotatable bonds is 6. The molecule has 6 nitrogen and oxygen atoms in total. The van der Waals surface area contributed by atoms with Crippen molar-refractivity contribution in [3.63, 3.8) is 0 Å². The average molecular weight is 490 g/mol. The zero-order valence-electron chi connectivity index (χ0n) is 14.9. The minimum absolute atomic E-state index is 0.137. The number of nitrogens with zero attached hydrogens (tertiary/aromatic N) is 3. The van der Waals surface area contributed by atoms with Crippen molar-refractivity contribution in [2.24, 2.45) is 0 Å². The minimum atomic E-state index is -0.137. The molecule has 4 rings (SSSR count). The van der Waals surface area contributed by atoms with Crippen molar-refractivity contribution in [3.8, 4) is 17.3 Å². The van der Waals surface area contributed by atoms with Gasteiger partial charge in [-0.25, -0.2) is 0 Å². The maximum absolute atomic E-state index is 12.4. The summed E-state index contributed by atoms with van der Waals surface area (Å²) in [7, 11) is 0. The number of furan rings is 1. The maximum Gasteiger partial charge on any atom is 0.234 e. The van der Waals surface area contributed by atoms with Crippen LogP contribution >= 0.6 is 39.3 Å². The van der Waals surface area contributed by atoms with Crippen LogP contribution in [0.3, 0.4) is 0 Å². The van der Waals surface area contributed by atoms with Gasteiger partial charge in [-0.1, -0.05) is 39.3 Å². The summed E-state index contributed by atoms with van der Waals surface area (Å²) in [6, 6.07) is 18.3. The lowest BCUT2D eigenvalue weighted by Crippen LogP contribution is -2.14. The van der Waals surface area contributed by atoms with Crippen molar-refractivity contribution >= 4 is 50.9 Å². The predicted molar refractivity (Wildman–Crippen MR) is 118 cm³/mol. The molecule has 0 radical (unpaired) electrons. The van der Waals surface area contributed by atoms with E-state index in [9.17, 15) is 4.79 Å². The highest BCUT2D eigenvalue weighted by atomic mass is 79.9. The van der Waals surface area contributed by atoms with Crippen LogP contribution in [-0.4, -0.2) is 26.4 Å². The van der Waals surface area contributed by atoms with Crippen molar-refractivity contribution in [2.75, 3.05) is 11.1 Å². The topological polar surface area (TPSA) is 73.0 Å². The highest BCUT2D eigenvalue weighted by Gasteiger charge is 2.19. The van der Waals surface area contributed by atoms with E-state index in [1.165, 1.54) is 11.8 Å². The van der Waals surface area contributed by atoms with Crippen LogP contribution in [0.2, 0.25) is 5.02 Å². The number of hydrogen-bond acceptors (Lipinski definition) is 5. The Morgan fingerprint density at radius 2 is 1.86 bits per heavy atom. The first kappa shape index (κ1) is 19.8. The Morgan fingerprint density at radius 1 is 1.10 bits per heavy atom. The van der Waals surface area contributed by atoms with Crippen molar-refractivity contribution in [1.29, 1.82) is 0 Å². The summed E-state index contributed by atoms with van der Waals surface area (Å²) in [5, 5.41) is 12.6. The number of nitrogens with one attached hydrogen (secondary N) is 1. The molecule has 0 unspecified atom stereocenters. The van der Waals surface area contributed by atoms with E-state index in [0.29, 0.717) is 21.8 Å². The third-order valence-electron chi connectivity index (χ3n) is 3.92. The highest BCUT2D eigenvalue weighted by molar-refractivity contribution is 9.10. The van der Waals surface area contributed by atoms with Gasteiger partial charge in [0, 0.05) is 20.9 Å². The molecule has 0 saturated carbocycles. The summed E-state index contributed by atoms with van der Waals surface area (Å²) in [6.45, 7) is 0. The second kappa shape index (κ2) is 8.86. The third-order valence-corrected chi connectivity index (χ3v) is 5.63. The first-order chi connectivity index (χ1) is 14.1. The molecule has 0 spiro atoms. The van der Waals surface area contributed by atoms with Crippen LogP contribution in [0.4, 0.5) is 5.69 Å². The lowest BCUT2D eigenvalue weighted by Gasteiger charge is -2.09. The molecule has 2 aromatic carbocycles. The standard InChI is InChI=1S/C20H14BrClN4O2S/c21-13-3-7-15(8-4-13)23-18(27)12-29-20-25-24-19(17-2-1-11-28-17)26(20)16-9-5-14(22)6-10-16/h1-11H,12H2,(H,23,27). The first-order valence-electron chi connectivity index (χ1n) is 8.53. The molecule has 0 aliphatic rings. The molecule has 0 atom stereocenters. The molecule has 0 aliphatic heterocycles. The molecule has 0 bridgehead atoms. The van der Waals surface area contributed by atoms with Gasteiger partial charge in [0.2, 0.25) is 11.7 Å². The van der Waals surface area contributed by atoms with Crippen molar-refractivity contribution in [2.45, 2.75) is 5.16 Å². The van der Waals surface area contributed by atoms with Crippen molar-refractivity contribution in [3.05, 3.63) is 76.4 Å². The summed E-state index contributed by atoms with van der Waals surface area (Å²) in [5.74, 6) is 1.18. The van der Waals surface area contributed by atoms with Crippen LogP contribution in [0.1, 0.15) is 0 Å². The fraction of sp³-hybridized carbons (Fsp3) is 0.0500. The number of halogens is 2. The van der Waals surface area contributed by atoms with E-state index in [4.69, 9.17) is 16.0 Å². The van der Waals surface area contributed by atoms with Crippen LogP contribution in [0.25, 0.3) is 17.3 Å². The second-order valence-corrected chi connectivity index (χ2v) is 8.23. The molecule has 2 aromatic heterocycles. The van der Waals surface area contributed by atoms with E-state index >= 15 is 0 Å². The number of hydrogen-bond donors (Lipinski definition) is 1. The molecular weight excluding hydrogens is 476 g/mol. The number of carbonyl (C=O) groups excluding carboxylic acids is 1. The van der Waals surface area contributed by atoms with Crippen molar-refractivity contribution in [1.82, 2.24) is 14.8 Å². The van der Waals surface area contributed by atoms with Gasteiger partial charge < -0.3 is 9.73 Å². The van der Waals surface area contributed by atoms with E-state index in [-0.39, 0.29) is 11.7 Å². The Balaban J connectivity index is 1.56. The summed E-state index contributed by atoms with van der Waals surface area (Å²) in [5.41, 5.74) is 1.55. The fourth-order valence-corrected chi connectivity index (χ4v) is 3.75. The van der Waals surface area contributed by atoms with Gasteiger partial charge in [0.1, 0.15) is 0 Å². The molecule has 1 N–H and O–H groups in total. The lowest BCUT2D eigenvalue weighted by molar-refractivity contribution is -0.113. The lowest BCUT2D eigenvalue weighted by atomic mass is 10.3. The molecular formula is C20H14BrClN4O2S. The molecule has 4 aromatic rings. The number of carbonyl (C=O) groups is 1. The van der Waals surface area contributed by atoms with Crippen LogP contribution in [0.15, 0.2) is 81.0 Å². The normalized spacial score (nSPS) is 10.8. The molecule has 0 aliphatic carbocycles. The van der Waals surface area contributed by atoms with Crippen LogP contribution in [-0.2, 0) is 4.79 Å². The Labute approximate surface area is 184 Å². The van der Waals surface area contributed by atoms with Gasteiger partial charge in [-0.05, 0) is 60.7 Å². The molecule has 0 fully saturated rings. The Kier molecular flexibility index (Phi) is 6.03. The van der Waals surface area contributed by atoms with Gasteiger partial charge in [0.05, 0.1) is 12.0 Å². The highest BCUT2D eigenvalue weighted by Crippen LogP contribution is 2.29. The number of amides is 1. The molecule has 2 heterocycles. The Hall–Kier alpha value is -2.55. The van der Waals surface area contributed by atoms with E-state index in [1.807, 2.05) is 47.0 Å². The molecule has 29 heavy (non-hydrogen) atoms. The molecule has 9 heteroatoms. The smallest absolute Gasteiger partial charge is 0.234 e. The van der Waals surface area contributed by atoms with Crippen molar-refractivity contribution < 1.29 is 9.21 Å². The maximum atomic E-state index is 12.4. The summed E-state index contributed by atoms with van der Waals surface area (Å²) in [4.78, 5) is 12.4. The summed E-state index contributed by atoms with van der Waals surface area (Å²) < 4.78 is 8.28. The van der Waals surface area contributed by atoms with Gasteiger partial charge in [0.15, 0.2) is 10.9 Å². The van der Waals surface area contributed by atoms with Gasteiger partial charge in [-0.15, -0.1) is 10.2 Å². The van der Waals surface area contributed by atoms with Gasteiger partial charge in [-0.3, -0.25) is 9.36 Å². The number of thioether (sulfide) groups is 1. The monoisotopic (exact) mass is 488 g/mol. The van der Waals surface area contributed by atoms with Gasteiger partial charge >= 0.3 is 0 Å². The average Bonchev–Trinajstić information content (AvgIpc) is 3.38. The molecule has 0 saturated heterocycles. The molecule has 1 amide bonds. The minimum Gasteiger partial charge on any atom is -0.461 e. The van der Waals surface area contributed by atoms with E-state index in [2.05, 4.69) is 31.4 Å². The van der Waals surface area contributed by atoms with Crippen LogP contribution < -0.4 is 5.32 Å². The summed E-state index contributed by atoms with van der Waals surface area (Å²) in [6.07, 6.45) is 1.58. The largest absolute Gasteiger partial charge is 0.461 e. The van der Waals surface area contributed by atoms with Gasteiger partial charge in [-0.2, -0.15) is 0 Å². The summed E-state index contributed by atoms with van der Waals surface area (Å²) >= 11 is 10.7. The number of aromatic nitrogens is 3. The predicted octanol–water partition coefficient (Wildman–Crippen LogP) is 5.67. The van der Waals surface area contributed by atoms with E-state index < -0.39 is 0 Å². The SMILES string of the molecule is O=C(CSc1nnc(-c2ccco2)n1-c1ccc(Cl)cc1)Nc1ccc(Br)cc1. The zero-order valence-corrected chi connectivity index (χ0v) is 18.0.